The highest BCUT2D eigenvalue weighted by Crippen LogP contribution is 2.12. The van der Waals surface area contributed by atoms with Crippen molar-refractivity contribution in [1.29, 1.82) is 0 Å². The van der Waals surface area contributed by atoms with Crippen LogP contribution < -0.4 is 10.2 Å². The quantitative estimate of drug-likeness (QED) is 0.600. The lowest BCUT2D eigenvalue weighted by Crippen LogP contribution is -2.24. The van der Waals surface area contributed by atoms with Gasteiger partial charge in [0.05, 0.1) is 0 Å². The van der Waals surface area contributed by atoms with Gasteiger partial charge in [-0.3, -0.25) is 4.79 Å². The van der Waals surface area contributed by atoms with E-state index in [-0.39, 0.29) is 12.5 Å². The molecule has 120 valence electrons. The molecule has 0 heterocycles. The third kappa shape index (κ3) is 6.34. The highest BCUT2D eigenvalue weighted by Gasteiger charge is 2.01. The molecule has 1 N–H and O–H groups in total. The minimum Gasteiger partial charge on any atom is -0.484 e. The summed E-state index contributed by atoms with van der Waals surface area (Å²) in [5.74, 6) is 0.422. The van der Waals surface area contributed by atoms with Gasteiger partial charge in [0.25, 0.3) is 5.91 Å². The summed E-state index contributed by atoms with van der Waals surface area (Å²) >= 11 is 0. The van der Waals surface area contributed by atoms with Gasteiger partial charge in [-0.1, -0.05) is 49.4 Å². The lowest BCUT2D eigenvalue weighted by molar-refractivity contribution is -0.123. The van der Waals surface area contributed by atoms with Crippen molar-refractivity contribution >= 4 is 12.1 Å². The summed E-state index contributed by atoms with van der Waals surface area (Å²) in [6.45, 7) is 2.06. The molecule has 2 rings (SSSR count). The van der Waals surface area contributed by atoms with E-state index in [2.05, 4.69) is 29.6 Å². The first-order valence-electron chi connectivity index (χ1n) is 7.84. The summed E-state index contributed by atoms with van der Waals surface area (Å²) in [7, 11) is 0. The molecule has 0 saturated carbocycles. The maximum atomic E-state index is 11.6. The van der Waals surface area contributed by atoms with E-state index < -0.39 is 0 Å². The summed E-state index contributed by atoms with van der Waals surface area (Å²) in [6, 6.07) is 17.9. The van der Waals surface area contributed by atoms with Crippen LogP contribution in [0.5, 0.6) is 5.75 Å². The molecule has 0 aliphatic rings. The number of nitrogens with zero attached hydrogens (tertiary/aromatic N) is 1. The standard InChI is InChI=1S/C19H22N2O2/c1-2-16-10-12-18(13-11-16)23-15-19(22)21-20-14-6-9-17-7-4-3-5-8-17/h3-5,7-8,10-14H,2,6,9,15H2,1H3,(H,21,22)/b20-14+. The van der Waals surface area contributed by atoms with Crippen LogP contribution in [0.25, 0.3) is 0 Å². The minimum atomic E-state index is -0.263. The Labute approximate surface area is 137 Å². The minimum absolute atomic E-state index is 0.0402. The van der Waals surface area contributed by atoms with Crippen molar-refractivity contribution < 1.29 is 9.53 Å². The molecule has 0 fully saturated rings. The second kappa shape index (κ2) is 9.41. The molecule has 0 unspecified atom stereocenters. The second-order valence-corrected chi connectivity index (χ2v) is 5.16. The van der Waals surface area contributed by atoms with Gasteiger partial charge < -0.3 is 4.74 Å². The fraction of sp³-hybridized carbons (Fsp3) is 0.263. The molecular formula is C19H22N2O2. The Morgan fingerprint density at radius 3 is 2.52 bits per heavy atom. The van der Waals surface area contributed by atoms with Gasteiger partial charge in [-0.25, -0.2) is 5.43 Å². The van der Waals surface area contributed by atoms with E-state index in [0.29, 0.717) is 5.75 Å². The molecule has 0 spiro atoms. The average Bonchev–Trinajstić information content (AvgIpc) is 2.61. The van der Waals surface area contributed by atoms with Crippen molar-refractivity contribution in [1.82, 2.24) is 5.43 Å². The van der Waals surface area contributed by atoms with E-state index in [9.17, 15) is 4.79 Å². The van der Waals surface area contributed by atoms with Crippen molar-refractivity contribution in [2.45, 2.75) is 26.2 Å². The van der Waals surface area contributed by atoms with Gasteiger partial charge in [-0.05, 0) is 42.5 Å². The van der Waals surface area contributed by atoms with E-state index in [1.54, 1.807) is 6.21 Å². The topological polar surface area (TPSA) is 50.7 Å². The Morgan fingerprint density at radius 2 is 1.83 bits per heavy atom. The highest BCUT2D eigenvalue weighted by molar-refractivity contribution is 5.78. The Balaban J connectivity index is 1.63. The van der Waals surface area contributed by atoms with E-state index >= 15 is 0 Å². The molecule has 2 aromatic carbocycles. The number of hydrazone groups is 1. The van der Waals surface area contributed by atoms with E-state index in [1.165, 1.54) is 11.1 Å². The molecule has 2 aromatic rings. The predicted octanol–water partition coefficient (Wildman–Crippen LogP) is 3.36. The average molecular weight is 310 g/mol. The molecule has 0 atom stereocenters. The van der Waals surface area contributed by atoms with Gasteiger partial charge in [0, 0.05) is 6.21 Å². The summed E-state index contributed by atoms with van der Waals surface area (Å²) < 4.78 is 5.41. The van der Waals surface area contributed by atoms with Crippen LogP contribution in [0.15, 0.2) is 59.7 Å². The lowest BCUT2D eigenvalue weighted by atomic mass is 10.1. The Morgan fingerprint density at radius 1 is 1.09 bits per heavy atom. The van der Waals surface area contributed by atoms with Crippen molar-refractivity contribution in [3.05, 3.63) is 65.7 Å². The highest BCUT2D eigenvalue weighted by atomic mass is 16.5. The molecule has 4 nitrogen and oxygen atoms in total. The molecular weight excluding hydrogens is 288 g/mol. The zero-order valence-corrected chi connectivity index (χ0v) is 13.4. The number of hydrogen-bond donors (Lipinski definition) is 1. The number of hydrogen-bond acceptors (Lipinski definition) is 3. The first-order chi connectivity index (χ1) is 11.3. The van der Waals surface area contributed by atoms with Gasteiger partial charge >= 0.3 is 0 Å². The fourth-order valence-corrected chi connectivity index (χ4v) is 2.06. The number of nitrogens with one attached hydrogen (secondary N) is 1. The van der Waals surface area contributed by atoms with Crippen molar-refractivity contribution in [3.8, 4) is 5.75 Å². The SMILES string of the molecule is CCc1ccc(OCC(=O)N/N=C/CCc2ccccc2)cc1. The van der Waals surface area contributed by atoms with Crippen molar-refractivity contribution in [2.24, 2.45) is 5.10 Å². The summed E-state index contributed by atoms with van der Waals surface area (Å²) in [5.41, 5.74) is 4.96. The van der Waals surface area contributed by atoms with Crippen molar-refractivity contribution in [2.75, 3.05) is 6.61 Å². The molecule has 0 saturated heterocycles. The van der Waals surface area contributed by atoms with Crippen LogP contribution in [0.3, 0.4) is 0 Å². The predicted molar refractivity (Wildman–Crippen MR) is 92.7 cm³/mol. The number of aryl methyl sites for hydroxylation is 2. The van der Waals surface area contributed by atoms with Gasteiger partial charge in [-0.15, -0.1) is 0 Å². The molecule has 4 heteroatoms. The molecule has 0 aliphatic heterocycles. The van der Waals surface area contributed by atoms with Crippen LogP contribution in [0.4, 0.5) is 0 Å². The monoisotopic (exact) mass is 310 g/mol. The lowest BCUT2D eigenvalue weighted by Gasteiger charge is -2.05. The van der Waals surface area contributed by atoms with E-state index in [1.807, 2.05) is 42.5 Å². The van der Waals surface area contributed by atoms with Gasteiger partial charge in [0.2, 0.25) is 0 Å². The van der Waals surface area contributed by atoms with E-state index in [4.69, 9.17) is 4.74 Å². The van der Waals surface area contributed by atoms with Crippen LogP contribution >= 0.6 is 0 Å². The molecule has 1 amide bonds. The number of benzene rings is 2. The molecule has 23 heavy (non-hydrogen) atoms. The third-order valence-electron chi connectivity index (χ3n) is 3.39. The maximum absolute atomic E-state index is 11.6. The van der Waals surface area contributed by atoms with Crippen LogP contribution in [0.2, 0.25) is 0 Å². The first-order valence-corrected chi connectivity index (χ1v) is 7.84. The van der Waals surface area contributed by atoms with Crippen LogP contribution in [0, 0.1) is 0 Å². The normalized spacial score (nSPS) is 10.7. The molecule has 0 aromatic heterocycles. The summed E-state index contributed by atoms with van der Waals surface area (Å²) in [4.78, 5) is 11.6. The number of ether oxygens (including phenoxy) is 1. The van der Waals surface area contributed by atoms with Crippen molar-refractivity contribution in [3.63, 3.8) is 0 Å². The molecule has 0 aliphatic carbocycles. The van der Waals surface area contributed by atoms with Gasteiger partial charge in [0.1, 0.15) is 5.75 Å². The number of rotatable bonds is 8. The smallest absolute Gasteiger partial charge is 0.277 e. The zero-order valence-electron chi connectivity index (χ0n) is 13.4. The molecule has 0 radical (unpaired) electrons. The Kier molecular flexibility index (Phi) is 6.85. The van der Waals surface area contributed by atoms with Gasteiger partial charge in [0.15, 0.2) is 6.61 Å². The number of carbonyl (C=O) groups excluding carboxylic acids is 1. The molecule has 0 bridgehead atoms. The summed E-state index contributed by atoms with van der Waals surface area (Å²) in [5, 5.41) is 3.92. The number of carbonyl (C=O) groups is 1. The zero-order chi connectivity index (χ0) is 16.3. The largest absolute Gasteiger partial charge is 0.484 e. The first kappa shape index (κ1) is 16.7. The second-order valence-electron chi connectivity index (χ2n) is 5.16. The Hall–Kier alpha value is -2.62. The summed E-state index contributed by atoms with van der Waals surface area (Å²) in [6.07, 6.45) is 4.38. The number of amides is 1. The Bertz CT molecular complexity index is 622. The van der Waals surface area contributed by atoms with Crippen LogP contribution in [0.1, 0.15) is 24.5 Å². The maximum Gasteiger partial charge on any atom is 0.277 e. The third-order valence-corrected chi connectivity index (χ3v) is 3.39. The van der Waals surface area contributed by atoms with E-state index in [0.717, 1.165) is 19.3 Å². The fourth-order valence-electron chi connectivity index (χ4n) is 2.06. The van der Waals surface area contributed by atoms with Gasteiger partial charge in [-0.2, -0.15) is 5.10 Å². The van der Waals surface area contributed by atoms with Crippen LogP contribution in [-0.4, -0.2) is 18.7 Å². The van der Waals surface area contributed by atoms with Crippen LogP contribution in [-0.2, 0) is 17.6 Å².